The Morgan fingerprint density at radius 1 is 0.824 bits per heavy atom. The molecule has 0 bridgehead atoms. The van der Waals surface area contributed by atoms with Crippen molar-refractivity contribution in [1.29, 1.82) is 0 Å². The summed E-state index contributed by atoms with van der Waals surface area (Å²) in [6, 6.07) is 29.9. The number of carbonyl (C=O) groups is 1. The van der Waals surface area contributed by atoms with Gasteiger partial charge in [0.1, 0.15) is 5.69 Å². The topological polar surface area (TPSA) is 41.4 Å². The molecule has 5 nitrogen and oxygen atoms in total. The fourth-order valence-electron chi connectivity index (χ4n) is 4.10. The number of thioether (sulfide) groups is 1. The Labute approximate surface area is 209 Å². The van der Waals surface area contributed by atoms with Gasteiger partial charge < -0.3 is 9.80 Å². The van der Waals surface area contributed by atoms with Crippen LogP contribution in [-0.4, -0.2) is 46.8 Å². The van der Waals surface area contributed by atoms with Crippen LogP contribution in [0.25, 0.3) is 5.69 Å². The third-order valence-corrected chi connectivity index (χ3v) is 7.13. The van der Waals surface area contributed by atoms with Gasteiger partial charge in [-0.1, -0.05) is 54.1 Å². The summed E-state index contributed by atoms with van der Waals surface area (Å²) in [7, 11) is 0. The molecular weight excluding hydrogens is 464 g/mol. The maximum absolute atomic E-state index is 13.6. The van der Waals surface area contributed by atoms with Gasteiger partial charge in [0, 0.05) is 47.5 Å². The molecule has 1 saturated heterocycles. The molecule has 0 radical (unpaired) electrons. The van der Waals surface area contributed by atoms with E-state index in [0.29, 0.717) is 24.5 Å². The third kappa shape index (κ3) is 5.13. The van der Waals surface area contributed by atoms with E-state index in [1.54, 1.807) is 16.4 Å². The number of hydrogen-bond acceptors (Lipinski definition) is 4. The first-order valence-electron chi connectivity index (χ1n) is 11.3. The molecule has 1 fully saturated rings. The van der Waals surface area contributed by atoms with E-state index in [1.807, 2.05) is 77.7 Å². The number of aromatic nitrogens is 2. The van der Waals surface area contributed by atoms with Gasteiger partial charge in [-0.15, -0.1) is 11.8 Å². The van der Waals surface area contributed by atoms with Gasteiger partial charge >= 0.3 is 0 Å². The van der Waals surface area contributed by atoms with Crippen LogP contribution in [0.1, 0.15) is 16.2 Å². The lowest BCUT2D eigenvalue weighted by molar-refractivity contribution is 0.0737. The SMILES string of the molecule is O=C(c1cc(CSc2ccccc2)nn1-c1ccccc1)N1CCN(c2cccc(Cl)c2)CC1. The number of anilines is 1. The minimum Gasteiger partial charge on any atom is -0.368 e. The number of halogens is 1. The van der Waals surface area contributed by atoms with Crippen molar-refractivity contribution >= 4 is 35.0 Å². The Morgan fingerprint density at radius 3 is 2.21 bits per heavy atom. The highest BCUT2D eigenvalue weighted by molar-refractivity contribution is 7.98. The second-order valence-corrected chi connectivity index (χ2v) is 9.61. The molecule has 1 aliphatic rings. The largest absolute Gasteiger partial charge is 0.368 e. The number of piperazine rings is 1. The zero-order valence-electron chi connectivity index (χ0n) is 18.7. The second kappa shape index (κ2) is 10.4. The van der Waals surface area contributed by atoms with Gasteiger partial charge in [-0.25, -0.2) is 4.68 Å². The summed E-state index contributed by atoms with van der Waals surface area (Å²) < 4.78 is 1.78. The lowest BCUT2D eigenvalue weighted by Gasteiger charge is -2.36. The van der Waals surface area contributed by atoms with Crippen LogP contribution in [0, 0.1) is 0 Å². The van der Waals surface area contributed by atoms with Crippen molar-refractivity contribution in [2.45, 2.75) is 10.6 Å². The molecule has 172 valence electrons. The molecule has 0 atom stereocenters. The number of rotatable bonds is 6. The van der Waals surface area contributed by atoms with Crippen LogP contribution in [0.3, 0.4) is 0 Å². The molecule has 0 N–H and O–H groups in total. The van der Waals surface area contributed by atoms with Gasteiger partial charge in [0.25, 0.3) is 5.91 Å². The summed E-state index contributed by atoms with van der Waals surface area (Å²) in [4.78, 5) is 19.0. The van der Waals surface area contributed by atoms with Crippen LogP contribution >= 0.6 is 23.4 Å². The number of para-hydroxylation sites is 1. The Kier molecular flexibility index (Phi) is 6.88. The van der Waals surface area contributed by atoms with Crippen LogP contribution < -0.4 is 4.90 Å². The fraction of sp³-hybridized carbons (Fsp3) is 0.185. The van der Waals surface area contributed by atoms with E-state index >= 15 is 0 Å². The molecule has 1 aromatic heterocycles. The Bertz CT molecular complexity index is 1250. The molecule has 0 spiro atoms. The van der Waals surface area contributed by atoms with Crippen LogP contribution in [0.5, 0.6) is 0 Å². The maximum atomic E-state index is 13.6. The normalized spacial score (nSPS) is 13.8. The molecule has 0 unspecified atom stereocenters. The molecule has 0 saturated carbocycles. The first kappa shape index (κ1) is 22.6. The molecular formula is C27H25ClN4OS. The van der Waals surface area contributed by atoms with Crippen LogP contribution in [0.4, 0.5) is 5.69 Å². The molecule has 3 aromatic carbocycles. The van der Waals surface area contributed by atoms with Gasteiger partial charge in [0.05, 0.1) is 11.4 Å². The van der Waals surface area contributed by atoms with E-state index < -0.39 is 0 Å². The minimum atomic E-state index is 0.0121. The molecule has 4 aromatic rings. The van der Waals surface area contributed by atoms with Crippen LogP contribution in [-0.2, 0) is 5.75 Å². The molecule has 7 heteroatoms. The Morgan fingerprint density at radius 2 is 1.50 bits per heavy atom. The van der Waals surface area contributed by atoms with Crippen LogP contribution in [0.15, 0.2) is 95.9 Å². The fourth-order valence-corrected chi connectivity index (χ4v) is 5.09. The van der Waals surface area contributed by atoms with Crippen molar-refractivity contribution in [2.75, 3.05) is 31.1 Å². The van der Waals surface area contributed by atoms with Gasteiger partial charge in [-0.3, -0.25) is 4.79 Å². The van der Waals surface area contributed by atoms with E-state index in [2.05, 4.69) is 23.1 Å². The number of hydrogen-bond donors (Lipinski definition) is 0. The Hall–Kier alpha value is -3.22. The Balaban J connectivity index is 1.34. The molecule has 1 amide bonds. The van der Waals surface area contributed by atoms with Gasteiger partial charge in [0.15, 0.2) is 0 Å². The second-order valence-electron chi connectivity index (χ2n) is 8.13. The summed E-state index contributed by atoms with van der Waals surface area (Å²) in [5.41, 5.74) is 3.47. The highest BCUT2D eigenvalue weighted by atomic mass is 35.5. The number of amides is 1. The van der Waals surface area contributed by atoms with Gasteiger partial charge in [0.2, 0.25) is 0 Å². The summed E-state index contributed by atoms with van der Waals surface area (Å²) in [6.07, 6.45) is 0. The number of carbonyl (C=O) groups excluding carboxylic acids is 1. The average Bonchev–Trinajstić information content (AvgIpc) is 3.33. The molecule has 5 rings (SSSR count). The lowest BCUT2D eigenvalue weighted by Crippen LogP contribution is -2.49. The van der Waals surface area contributed by atoms with E-state index in [1.165, 1.54) is 4.90 Å². The van der Waals surface area contributed by atoms with E-state index in [-0.39, 0.29) is 5.91 Å². The molecule has 34 heavy (non-hydrogen) atoms. The van der Waals surface area contributed by atoms with E-state index in [4.69, 9.17) is 16.7 Å². The summed E-state index contributed by atoms with van der Waals surface area (Å²) >= 11 is 7.88. The first-order chi connectivity index (χ1) is 16.7. The lowest BCUT2D eigenvalue weighted by atomic mass is 10.2. The standard InChI is InChI=1S/C27H25ClN4OS/c28-21-8-7-11-24(18-21)30-14-16-31(17-15-30)27(33)26-19-22(20-34-25-12-5-2-6-13-25)29-32(26)23-9-3-1-4-10-23/h1-13,18-19H,14-17,20H2. The summed E-state index contributed by atoms with van der Waals surface area (Å²) in [5, 5.41) is 5.53. The minimum absolute atomic E-state index is 0.0121. The summed E-state index contributed by atoms with van der Waals surface area (Å²) in [6.45, 7) is 2.84. The maximum Gasteiger partial charge on any atom is 0.272 e. The third-order valence-electron chi connectivity index (χ3n) is 5.85. The van der Waals surface area contributed by atoms with E-state index in [0.717, 1.165) is 35.2 Å². The molecule has 0 aliphatic carbocycles. The van der Waals surface area contributed by atoms with Gasteiger partial charge in [-0.2, -0.15) is 5.10 Å². The van der Waals surface area contributed by atoms with Crippen molar-refractivity contribution in [3.05, 3.63) is 107 Å². The molecule has 2 heterocycles. The number of nitrogens with zero attached hydrogens (tertiary/aromatic N) is 4. The predicted octanol–water partition coefficient (Wildman–Crippen LogP) is 5.78. The smallest absolute Gasteiger partial charge is 0.272 e. The zero-order chi connectivity index (χ0) is 23.3. The van der Waals surface area contributed by atoms with Crippen molar-refractivity contribution in [3.8, 4) is 5.69 Å². The average molecular weight is 489 g/mol. The van der Waals surface area contributed by atoms with Crippen molar-refractivity contribution in [3.63, 3.8) is 0 Å². The first-order valence-corrected chi connectivity index (χ1v) is 12.7. The zero-order valence-corrected chi connectivity index (χ0v) is 20.3. The van der Waals surface area contributed by atoms with Crippen molar-refractivity contribution in [1.82, 2.24) is 14.7 Å². The number of benzene rings is 3. The van der Waals surface area contributed by atoms with Crippen LogP contribution in [0.2, 0.25) is 5.02 Å². The highest BCUT2D eigenvalue weighted by Crippen LogP contribution is 2.25. The van der Waals surface area contributed by atoms with Gasteiger partial charge in [-0.05, 0) is 48.5 Å². The summed E-state index contributed by atoms with van der Waals surface area (Å²) in [5.74, 6) is 0.713. The van der Waals surface area contributed by atoms with Crippen molar-refractivity contribution in [2.24, 2.45) is 0 Å². The molecule has 1 aliphatic heterocycles. The monoisotopic (exact) mass is 488 g/mol. The van der Waals surface area contributed by atoms with E-state index in [9.17, 15) is 4.79 Å². The predicted molar refractivity (Wildman–Crippen MR) is 139 cm³/mol. The highest BCUT2D eigenvalue weighted by Gasteiger charge is 2.26. The quantitative estimate of drug-likeness (QED) is 0.322. The van der Waals surface area contributed by atoms with Crippen molar-refractivity contribution < 1.29 is 4.79 Å².